The average Bonchev–Trinajstić information content (AvgIpc) is 3.07. The van der Waals surface area contributed by atoms with Crippen molar-refractivity contribution in [3.05, 3.63) is 11.6 Å². The number of carbonyl (C=O) groups excluding carboxylic acids is 1. The third kappa shape index (κ3) is 3.27. The fourth-order valence-electron chi connectivity index (χ4n) is 4.27. The Labute approximate surface area is 143 Å². The number of nitrogens with zero attached hydrogens (tertiary/aromatic N) is 4. The van der Waals surface area contributed by atoms with Gasteiger partial charge in [-0.05, 0) is 25.7 Å². The summed E-state index contributed by atoms with van der Waals surface area (Å²) in [5.41, 5.74) is 0. The highest BCUT2D eigenvalue weighted by Gasteiger charge is 2.29. The molecule has 0 unspecified atom stereocenters. The molecule has 0 radical (unpaired) electrons. The van der Waals surface area contributed by atoms with E-state index in [2.05, 4.69) is 25.4 Å². The number of rotatable bonds is 2. The van der Waals surface area contributed by atoms with Gasteiger partial charge in [0, 0.05) is 38.1 Å². The highest BCUT2D eigenvalue weighted by Crippen LogP contribution is 2.28. The summed E-state index contributed by atoms with van der Waals surface area (Å²) in [5, 5.41) is 15.3. The van der Waals surface area contributed by atoms with E-state index in [0.29, 0.717) is 12.0 Å². The first-order valence-electron chi connectivity index (χ1n) is 9.49. The number of carbonyl (C=O) groups is 1. The van der Waals surface area contributed by atoms with Gasteiger partial charge >= 0.3 is 6.03 Å². The van der Waals surface area contributed by atoms with Crippen molar-refractivity contribution in [2.24, 2.45) is 0 Å². The summed E-state index contributed by atoms with van der Waals surface area (Å²) in [7, 11) is 0. The van der Waals surface area contributed by atoms with E-state index >= 15 is 0 Å². The van der Waals surface area contributed by atoms with Gasteiger partial charge in [0.1, 0.15) is 11.6 Å². The molecule has 2 aliphatic heterocycles. The molecule has 132 valence electrons. The summed E-state index contributed by atoms with van der Waals surface area (Å²) in [5.74, 6) is 2.61. The maximum Gasteiger partial charge on any atom is 0.317 e. The molecule has 2 amide bonds. The van der Waals surface area contributed by atoms with Crippen LogP contribution in [0.2, 0.25) is 0 Å². The molecule has 0 atom stereocenters. The zero-order valence-electron chi connectivity index (χ0n) is 14.3. The number of aromatic nitrogens is 3. The fourth-order valence-corrected chi connectivity index (χ4v) is 4.27. The van der Waals surface area contributed by atoms with Crippen molar-refractivity contribution in [1.29, 1.82) is 0 Å². The molecular formula is C17H28N6O. The molecule has 1 aromatic heterocycles. The minimum absolute atomic E-state index is 0.132. The van der Waals surface area contributed by atoms with Crippen LogP contribution in [-0.2, 0) is 13.1 Å². The summed E-state index contributed by atoms with van der Waals surface area (Å²) in [6.07, 6.45) is 8.08. The lowest BCUT2D eigenvalue weighted by Crippen LogP contribution is -2.48. The van der Waals surface area contributed by atoms with Crippen molar-refractivity contribution in [2.45, 2.75) is 70.0 Å². The van der Waals surface area contributed by atoms with Crippen LogP contribution in [0, 0.1) is 0 Å². The molecule has 0 bridgehead atoms. The SMILES string of the molecule is O=C(NC1CCCCC1)N1CCC(c2nnc3n2CCNC3)CC1. The molecule has 1 saturated carbocycles. The van der Waals surface area contributed by atoms with E-state index in [1.165, 1.54) is 19.3 Å². The van der Waals surface area contributed by atoms with E-state index in [1.54, 1.807) is 0 Å². The van der Waals surface area contributed by atoms with Crippen molar-refractivity contribution in [1.82, 2.24) is 30.3 Å². The van der Waals surface area contributed by atoms with Crippen LogP contribution in [0.1, 0.15) is 62.5 Å². The molecule has 1 aliphatic carbocycles. The van der Waals surface area contributed by atoms with Crippen molar-refractivity contribution in [2.75, 3.05) is 19.6 Å². The molecule has 0 spiro atoms. The predicted molar refractivity (Wildman–Crippen MR) is 90.7 cm³/mol. The lowest BCUT2D eigenvalue weighted by Gasteiger charge is -2.34. The number of fused-ring (bicyclic) bond motifs is 1. The molecule has 0 aromatic carbocycles. The highest BCUT2D eigenvalue weighted by atomic mass is 16.2. The van der Waals surface area contributed by atoms with Gasteiger partial charge in [-0.1, -0.05) is 19.3 Å². The zero-order chi connectivity index (χ0) is 16.4. The molecule has 7 nitrogen and oxygen atoms in total. The normalized spacial score (nSPS) is 23.1. The van der Waals surface area contributed by atoms with Gasteiger partial charge in [0.05, 0.1) is 6.54 Å². The third-order valence-corrected chi connectivity index (χ3v) is 5.73. The zero-order valence-corrected chi connectivity index (χ0v) is 14.3. The second-order valence-corrected chi connectivity index (χ2v) is 7.35. The second kappa shape index (κ2) is 7.09. The van der Waals surface area contributed by atoms with Crippen LogP contribution in [0.15, 0.2) is 0 Å². The number of hydrogen-bond acceptors (Lipinski definition) is 4. The van der Waals surface area contributed by atoms with E-state index in [-0.39, 0.29) is 6.03 Å². The first-order chi connectivity index (χ1) is 11.8. The Hall–Kier alpha value is -1.63. The van der Waals surface area contributed by atoms with Crippen LogP contribution in [-0.4, -0.2) is 51.4 Å². The fraction of sp³-hybridized carbons (Fsp3) is 0.824. The Kier molecular flexibility index (Phi) is 4.69. The molecule has 3 aliphatic rings. The molecule has 2 fully saturated rings. The summed E-state index contributed by atoms with van der Waals surface area (Å²) >= 11 is 0. The van der Waals surface area contributed by atoms with Gasteiger partial charge in [-0.3, -0.25) is 0 Å². The molecule has 24 heavy (non-hydrogen) atoms. The number of urea groups is 1. The molecule has 2 N–H and O–H groups in total. The van der Waals surface area contributed by atoms with Crippen LogP contribution in [0.5, 0.6) is 0 Å². The first-order valence-corrected chi connectivity index (χ1v) is 9.49. The maximum atomic E-state index is 12.5. The van der Waals surface area contributed by atoms with Crippen LogP contribution >= 0.6 is 0 Å². The molecule has 4 rings (SSSR count). The van der Waals surface area contributed by atoms with Gasteiger partial charge in [0.15, 0.2) is 0 Å². The molecule has 1 saturated heterocycles. The van der Waals surface area contributed by atoms with E-state index in [0.717, 1.165) is 70.1 Å². The highest BCUT2D eigenvalue weighted by molar-refractivity contribution is 5.74. The lowest BCUT2D eigenvalue weighted by atomic mass is 9.95. The van der Waals surface area contributed by atoms with E-state index in [9.17, 15) is 4.79 Å². The largest absolute Gasteiger partial charge is 0.335 e. The van der Waals surface area contributed by atoms with Crippen LogP contribution < -0.4 is 10.6 Å². The number of amides is 2. The topological polar surface area (TPSA) is 75.1 Å². The van der Waals surface area contributed by atoms with Gasteiger partial charge in [-0.25, -0.2) is 4.79 Å². The van der Waals surface area contributed by atoms with Crippen molar-refractivity contribution >= 4 is 6.03 Å². The first kappa shape index (κ1) is 15.9. The predicted octanol–water partition coefficient (Wildman–Crippen LogP) is 1.60. The van der Waals surface area contributed by atoms with E-state index < -0.39 is 0 Å². The van der Waals surface area contributed by atoms with Gasteiger partial charge in [0.2, 0.25) is 0 Å². The minimum atomic E-state index is 0.132. The standard InChI is InChI=1S/C17H28N6O/c24-17(19-14-4-2-1-3-5-14)22-9-6-13(7-10-22)16-21-20-15-12-18-8-11-23(15)16/h13-14,18H,1-12H2,(H,19,24). The summed E-state index contributed by atoms with van der Waals surface area (Å²) in [6, 6.07) is 0.521. The smallest absolute Gasteiger partial charge is 0.317 e. The van der Waals surface area contributed by atoms with Crippen LogP contribution in [0.4, 0.5) is 4.79 Å². The lowest BCUT2D eigenvalue weighted by molar-refractivity contribution is 0.173. The van der Waals surface area contributed by atoms with Crippen LogP contribution in [0.25, 0.3) is 0 Å². The quantitative estimate of drug-likeness (QED) is 0.863. The summed E-state index contributed by atoms with van der Waals surface area (Å²) in [4.78, 5) is 14.5. The monoisotopic (exact) mass is 332 g/mol. The van der Waals surface area contributed by atoms with Gasteiger partial charge in [-0.15, -0.1) is 10.2 Å². The Morgan fingerprint density at radius 3 is 2.62 bits per heavy atom. The van der Waals surface area contributed by atoms with Gasteiger partial charge in [0.25, 0.3) is 0 Å². The molecule has 3 heterocycles. The van der Waals surface area contributed by atoms with Crippen molar-refractivity contribution in [3.8, 4) is 0 Å². The Balaban J connectivity index is 1.31. The van der Waals surface area contributed by atoms with Gasteiger partial charge in [-0.2, -0.15) is 0 Å². The third-order valence-electron chi connectivity index (χ3n) is 5.73. The second-order valence-electron chi connectivity index (χ2n) is 7.35. The maximum absolute atomic E-state index is 12.5. The van der Waals surface area contributed by atoms with Crippen molar-refractivity contribution in [3.63, 3.8) is 0 Å². The molecule has 7 heteroatoms. The van der Waals surface area contributed by atoms with Gasteiger partial charge < -0.3 is 20.1 Å². The Morgan fingerprint density at radius 2 is 1.83 bits per heavy atom. The minimum Gasteiger partial charge on any atom is -0.335 e. The van der Waals surface area contributed by atoms with E-state index in [1.807, 2.05) is 4.90 Å². The Morgan fingerprint density at radius 1 is 1.04 bits per heavy atom. The number of likely N-dealkylation sites (tertiary alicyclic amines) is 1. The summed E-state index contributed by atoms with van der Waals surface area (Å²) < 4.78 is 2.28. The van der Waals surface area contributed by atoms with Crippen LogP contribution in [0.3, 0.4) is 0 Å². The van der Waals surface area contributed by atoms with Crippen molar-refractivity contribution < 1.29 is 4.79 Å². The number of nitrogens with one attached hydrogen (secondary N) is 2. The molecule has 1 aromatic rings. The molecular weight excluding hydrogens is 304 g/mol. The number of hydrogen-bond donors (Lipinski definition) is 2. The summed E-state index contributed by atoms with van der Waals surface area (Å²) in [6.45, 7) is 4.41. The van der Waals surface area contributed by atoms with E-state index in [4.69, 9.17) is 0 Å². The Bertz CT molecular complexity index is 572. The average molecular weight is 332 g/mol. The number of piperidine rings is 1.